The van der Waals surface area contributed by atoms with Crippen molar-refractivity contribution >= 4 is 22.7 Å². The number of aryl methyl sites for hydroxylation is 1. The number of aromatic nitrogens is 2. The molecule has 0 spiro atoms. The van der Waals surface area contributed by atoms with Crippen molar-refractivity contribution < 1.29 is 14.0 Å². The van der Waals surface area contributed by atoms with Crippen LogP contribution >= 0.6 is 0 Å². The molecule has 3 aromatic rings. The van der Waals surface area contributed by atoms with E-state index in [-0.39, 0.29) is 30.3 Å². The number of imidazole rings is 1. The Bertz CT molecular complexity index is 1030. The number of carbonyl (C=O) groups excluding carboxylic acids is 2. The van der Waals surface area contributed by atoms with Gasteiger partial charge in [0.2, 0.25) is 5.91 Å². The molecule has 1 fully saturated rings. The Labute approximate surface area is 168 Å². The molecule has 1 N–H and O–H groups in total. The van der Waals surface area contributed by atoms with Crippen LogP contribution in [0, 0.1) is 12.7 Å². The maximum Gasteiger partial charge on any atom is 0.223 e. The molecular formula is C23H24FN3O2. The number of amides is 1. The van der Waals surface area contributed by atoms with Crippen molar-refractivity contribution in [2.75, 3.05) is 13.1 Å². The quantitative estimate of drug-likeness (QED) is 0.654. The minimum absolute atomic E-state index is 0.000794. The third-order valence-corrected chi connectivity index (χ3v) is 5.62. The largest absolute Gasteiger partial charge is 0.343 e. The Morgan fingerprint density at radius 1 is 1.10 bits per heavy atom. The standard InChI is InChI=1S/C23H24FN3O2/c1-15-2-7-19-20(14-15)26-23(25-19)17-10-12-27(13-11-17)22(29)9-8-21(28)16-3-5-18(24)6-4-16/h2-7,14,17H,8-13H2,1H3,(H,25,26). The van der Waals surface area contributed by atoms with E-state index in [1.54, 1.807) is 0 Å². The van der Waals surface area contributed by atoms with Crippen LogP contribution in [-0.4, -0.2) is 39.6 Å². The second-order valence-electron chi connectivity index (χ2n) is 7.73. The summed E-state index contributed by atoms with van der Waals surface area (Å²) in [7, 11) is 0. The molecule has 0 bridgehead atoms. The number of hydrogen-bond acceptors (Lipinski definition) is 3. The molecule has 1 aliphatic rings. The lowest BCUT2D eigenvalue weighted by Crippen LogP contribution is -2.38. The summed E-state index contributed by atoms with van der Waals surface area (Å²) >= 11 is 0. The first-order valence-corrected chi connectivity index (χ1v) is 10.0. The van der Waals surface area contributed by atoms with Crippen molar-refractivity contribution in [2.45, 2.75) is 38.5 Å². The Morgan fingerprint density at radius 2 is 1.83 bits per heavy atom. The molecule has 1 aliphatic heterocycles. The summed E-state index contributed by atoms with van der Waals surface area (Å²) in [5, 5.41) is 0. The molecule has 5 nitrogen and oxygen atoms in total. The number of halogens is 1. The van der Waals surface area contributed by atoms with Gasteiger partial charge in [0.1, 0.15) is 11.6 Å². The predicted octanol–water partition coefficient (Wildman–Crippen LogP) is 4.38. The molecule has 0 atom stereocenters. The number of rotatable bonds is 5. The van der Waals surface area contributed by atoms with Gasteiger partial charge in [0, 0.05) is 37.4 Å². The number of piperidine rings is 1. The molecular weight excluding hydrogens is 369 g/mol. The first kappa shape index (κ1) is 19.3. The summed E-state index contributed by atoms with van der Waals surface area (Å²) in [6, 6.07) is 11.6. The van der Waals surface area contributed by atoms with Gasteiger partial charge < -0.3 is 9.88 Å². The number of Topliss-reactive ketones (excluding diaryl/α,β-unsaturated/α-hetero) is 1. The van der Waals surface area contributed by atoms with Gasteiger partial charge in [0.15, 0.2) is 5.78 Å². The number of likely N-dealkylation sites (tertiary alicyclic amines) is 1. The van der Waals surface area contributed by atoms with Crippen molar-refractivity contribution in [2.24, 2.45) is 0 Å². The molecule has 1 aromatic heterocycles. The second kappa shape index (κ2) is 8.15. The normalized spacial score (nSPS) is 15.0. The molecule has 29 heavy (non-hydrogen) atoms. The van der Waals surface area contributed by atoms with E-state index in [1.807, 2.05) is 11.0 Å². The van der Waals surface area contributed by atoms with Gasteiger partial charge in [-0.25, -0.2) is 9.37 Å². The summed E-state index contributed by atoms with van der Waals surface area (Å²) in [4.78, 5) is 34.7. The van der Waals surface area contributed by atoms with Crippen molar-refractivity contribution in [1.29, 1.82) is 0 Å². The lowest BCUT2D eigenvalue weighted by molar-refractivity contribution is -0.132. The summed E-state index contributed by atoms with van der Waals surface area (Å²) in [5.41, 5.74) is 3.67. The first-order chi connectivity index (χ1) is 14.0. The Morgan fingerprint density at radius 3 is 2.55 bits per heavy atom. The first-order valence-electron chi connectivity index (χ1n) is 10.0. The van der Waals surface area contributed by atoms with Gasteiger partial charge in [-0.2, -0.15) is 0 Å². The van der Waals surface area contributed by atoms with E-state index >= 15 is 0 Å². The summed E-state index contributed by atoms with van der Waals surface area (Å²) in [6.45, 7) is 3.40. The van der Waals surface area contributed by atoms with Crippen LogP contribution in [0.15, 0.2) is 42.5 Å². The van der Waals surface area contributed by atoms with Crippen molar-refractivity contribution in [3.05, 3.63) is 65.2 Å². The van der Waals surface area contributed by atoms with Gasteiger partial charge in [0.25, 0.3) is 0 Å². The second-order valence-corrected chi connectivity index (χ2v) is 7.73. The number of aromatic amines is 1. The molecule has 0 radical (unpaired) electrons. The molecule has 0 aliphatic carbocycles. The SMILES string of the molecule is Cc1ccc2nc(C3CCN(C(=O)CCC(=O)c4ccc(F)cc4)CC3)[nH]c2c1. The van der Waals surface area contributed by atoms with E-state index < -0.39 is 0 Å². The molecule has 1 amide bonds. The molecule has 0 saturated carbocycles. The average Bonchev–Trinajstić information content (AvgIpc) is 3.15. The zero-order valence-corrected chi connectivity index (χ0v) is 16.5. The van der Waals surface area contributed by atoms with Gasteiger partial charge >= 0.3 is 0 Å². The summed E-state index contributed by atoms with van der Waals surface area (Å²) in [5.74, 6) is 0.793. The molecule has 1 saturated heterocycles. The summed E-state index contributed by atoms with van der Waals surface area (Å²) in [6.07, 6.45) is 2.05. The average molecular weight is 393 g/mol. The fraction of sp³-hybridized carbons (Fsp3) is 0.348. The molecule has 4 rings (SSSR count). The number of ketones is 1. The van der Waals surface area contributed by atoms with E-state index in [4.69, 9.17) is 4.98 Å². The third-order valence-electron chi connectivity index (χ3n) is 5.62. The number of benzene rings is 2. The van der Waals surface area contributed by atoms with Gasteiger partial charge in [-0.1, -0.05) is 6.07 Å². The number of hydrogen-bond donors (Lipinski definition) is 1. The lowest BCUT2D eigenvalue weighted by Gasteiger charge is -2.31. The molecule has 6 heteroatoms. The third kappa shape index (κ3) is 4.36. The van der Waals surface area contributed by atoms with Crippen LogP contribution in [0.25, 0.3) is 11.0 Å². The number of H-pyrrole nitrogens is 1. The van der Waals surface area contributed by atoms with Crippen LogP contribution in [0.3, 0.4) is 0 Å². The highest BCUT2D eigenvalue weighted by molar-refractivity contribution is 5.97. The van der Waals surface area contributed by atoms with Crippen LogP contribution in [0.5, 0.6) is 0 Å². The highest BCUT2D eigenvalue weighted by Crippen LogP contribution is 2.28. The van der Waals surface area contributed by atoms with Crippen LogP contribution < -0.4 is 0 Å². The van der Waals surface area contributed by atoms with E-state index in [9.17, 15) is 14.0 Å². The molecule has 2 heterocycles. The van der Waals surface area contributed by atoms with Crippen LogP contribution in [0.4, 0.5) is 4.39 Å². The van der Waals surface area contributed by atoms with Crippen molar-refractivity contribution in [3.8, 4) is 0 Å². The minimum Gasteiger partial charge on any atom is -0.343 e. The van der Waals surface area contributed by atoms with Crippen LogP contribution in [-0.2, 0) is 4.79 Å². The smallest absolute Gasteiger partial charge is 0.223 e. The van der Waals surface area contributed by atoms with Crippen LogP contribution in [0.2, 0.25) is 0 Å². The Hall–Kier alpha value is -3.02. The van der Waals surface area contributed by atoms with Crippen LogP contribution in [0.1, 0.15) is 53.3 Å². The van der Waals surface area contributed by atoms with E-state index in [2.05, 4.69) is 24.0 Å². The molecule has 0 unspecified atom stereocenters. The zero-order chi connectivity index (χ0) is 20.4. The Balaban J connectivity index is 1.30. The number of nitrogens with one attached hydrogen (secondary N) is 1. The highest BCUT2D eigenvalue weighted by atomic mass is 19.1. The van der Waals surface area contributed by atoms with Crippen molar-refractivity contribution in [3.63, 3.8) is 0 Å². The monoisotopic (exact) mass is 393 g/mol. The maximum absolute atomic E-state index is 13.0. The predicted molar refractivity (Wildman–Crippen MR) is 109 cm³/mol. The zero-order valence-electron chi connectivity index (χ0n) is 16.5. The van der Waals surface area contributed by atoms with Crippen molar-refractivity contribution in [1.82, 2.24) is 14.9 Å². The highest BCUT2D eigenvalue weighted by Gasteiger charge is 2.26. The summed E-state index contributed by atoms with van der Waals surface area (Å²) < 4.78 is 13.0. The number of carbonyl (C=O) groups is 2. The maximum atomic E-state index is 13.0. The van der Waals surface area contributed by atoms with E-state index in [0.717, 1.165) is 29.7 Å². The van der Waals surface area contributed by atoms with E-state index in [1.165, 1.54) is 29.8 Å². The molecule has 150 valence electrons. The molecule has 2 aromatic carbocycles. The van der Waals surface area contributed by atoms with Gasteiger partial charge in [0.05, 0.1) is 11.0 Å². The van der Waals surface area contributed by atoms with E-state index in [0.29, 0.717) is 24.6 Å². The number of fused-ring (bicyclic) bond motifs is 1. The Kier molecular flexibility index (Phi) is 5.43. The fourth-order valence-corrected chi connectivity index (χ4v) is 3.90. The van der Waals surface area contributed by atoms with Gasteiger partial charge in [-0.15, -0.1) is 0 Å². The fourth-order valence-electron chi connectivity index (χ4n) is 3.90. The van der Waals surface area contributed by atoms with Gasteiger partial charge in [-0.3, -0.25) is 9.59 Å². The topological polar surface area (TPSA) is 66.1 Å². The minimum atomic E-state index is -0.375. The lowest BCUT2D eigenvalue weighted by atomic mass is 9.95. The number of nitrogens with zero attached hydrogens (tertiary/aromatic N) is 2. The van der Waals surface area contributed by atoms with Gasteiger partial charge in [-0.05, 0) is 61.7 Å².